The topological polar surface area (TPSA) is 41.1 Å². The standard InChI is InChI=1S/C22H24N4/c1-2-10-16-26(15-9-1)22-24-20(18-11-5-3-6-12-18)17-21(25-22)23-19-13-7-4-8-14-19/h3-8,11-14,17H,1-2,9-10,15-16H2,(H,23,24,25). The highest BCUT2D eigenvalue weighted by molar-refractivity contribution is 5.67. The maximum absolute atomic E-state index is 4.89. The minimum Gasteiger partial charge on any atom is -0.341 e. The van der Waals surface area contributed by atoms with E-state index in [1.54, 1.807) is 0 Å². The number of nitrogens with zero attached hydrogens (tertiary/aromatic N) is 3. The van der Waals surface area contributed by atoms with Crippen molar-refractivity contribution in [2.24, 2.45) is 0 Å². The Bertz CT molecular complexity index is 825. The number of benzene rings is 2. The Morgan fingerprint density at radius 2 is 1.38 bits per heavy atom. The van der Waals surface area contributed by atoms with Gasteiger partial charge in [-0.3, -0.25) is 0 Å². The first-order valence-corrected chi connectivity index (χ1v) is 9.40. The van der Waals surface area contributed by atoms with Gasteiger partial charge in [-0.05, 0) is 25.0 Å². The zero-order chi connectivity index (χ0) is 17.6. The Balaban J connectivity index is 1.71. The van der Waals surface area contributed by atoms with Crippen LogP contribution in [0.5, 0.6) is 0 Å². The lowest BCUT2D eigenvalue weighted by Crippen LogP contribution is -2.26. The molecule has 0 radical (unpaired) electrons. The van der Waals surface area contributed by atoms with Gasteiger partial charge in [-0.2, -0.15) is 4.98 Å². The highest BCUT2D eigenvalue weighted by atomic mass is 15.3. The van der Waals surface area contributed by atoms with Gasteiger partial charge in [-0.1, -0.05) is 61.4 Å². The van der Waals surface area contributed by atoms with E-state index in [4.69, 9.17) is 9.97 Å². The zero-order valence-corrected chi connectivity index (χ0v) is 14.9. The van der Waals surface area contributed by atoms with Gasteiger partial charge in [0, 0.05) is 30.4 Å². The number of hydrogen-bond acceptors (Lipinski definition) is 4. The van der Waals surface area contributed by atoms with Crippen molar-refractivity contribution in [1.82, 2.24) is 9.97 Å². The van der Waals surface area contributed by atoms with Crippen molar-refractivity contribution >= 4 is 17.5 Å². The number of para-hydroxylation sites is 1. The average Bonchev–Trinajstić information content (AvgIpc) is 2.99. The predicted molar refractivity (Wildman–Crippen MR) is 108 cm³/mol. The maximum atomic E-state index is 4.89. The number of anilines is 3. The number of aromatic nitrogens is 2. The molecular formula is C22H24N4. The highest BCUT2D eigenvalue weighted by Crippen LogP contribution is 2.26. The molecule has 132 valence electrons. The van der Waals surface area contributed by atoms with Gasteiger partial charge in [0.15, 0.2) is 0 Å². The molecule has 0 spiro atoms. The monoisotopic (exact) mass is 344 g/mol. The number of rotatable bonds is 4. The summed E-state index contributed by atoms with van der Waals surface area (Å²) in [6.07, 6.45) is 5.01. The Morgan fingerprint density at radius 3 is 2.08 bits per heavy atom. The van der Waals surface area contributed by atoms with Crippen molar-refractivity contribution in [1.29, 1.82) is 0 Å². The average molecular weight is 344 g/mol. The van der Waals surface area contributed by atoms with Crippen molar-refractivity contribution in [3.8, 4) is 11.3 Å². The van der Waals surface area contributed by atoms with Crippen LogP contribution in [0.15, 0.2) is 66.7 Å². The molecule has 0 aliphatic carbocycles. The summed E-state index contributed by atoms with van der Waals surface area (Å²) in [5.41, 5.74) is 3.10. The molecule has 0 atom stereocenters. The summed E-state index contributed by atoms with van der Waals surface area (Å²) < 4.78 is 0. The van der Waals surface area contributed by atoms with E-state index in [1.807, 2.05) is 42.5 Å². The summed E-state index contributed by atoms with van der Waals surface area (Å²) in [6, 6.07) is 22.5. The lowest BCUT2D eigenvalue weighted by Gasteiger charge is -2.21. The third-order valence-corrected chi connectivity index (χ3v) is 4.72. The van der Waals surface area contributed by atoms with E-state index in [0.717, 1.165) is 41.8 Å². The van der Waals surface area contributed by atoms with Crippen LogP contribution >= 0.6 is 0 Å². The van der Waals surface area contributed by atoms with E-state index in [0.29, 0.717) is 0 Å². The Morgan fingerprint density at radius 1 is 0.731 bits per heavy atom. The lowest BCUT2D eigenvalue weighted by atomic mass is 10.1. The Hall–Kier alpha value is -2.88. The van der Waals surface area contributed by atoms with Crippen LogP contribution in [0.25, 0.3) is 11.3 Å². The molecule has 0 unspecified atom stereocenters. The molecule has 3 aromatic rings. The Kier molecular flexibility index (Phi) is 5.10. The van der Waals surface area contributed by atoms with Gasteiger partial charge < -0.3 is 10.2 Å². The molecule has 1 aliphatic heterocycles. The van der Waals surface area contributed by atoms with Gasteiger partial charge in [0.1, 0.15) is 5.82 Å². The Labute approximate surface area is 154 Å². The van der Waals surface area contributed by atoms with E-state index in [-0.39, 0.29) is 0 Å². The summed E-state index contributed by atoms with van der Waals surface area (Å²) in [5, 5.41) is 3.43. The van der Waals surface area contributed by atoms with Gasteiger partial charge in [-0.25, -0.2) is 4.98 Å². The molecule has 1 aliphatic rings. The SMILES string of the molecule is c1ccc(Nc2cc(-c3ccccc3)nc(N3CCCCCC3)n2)cc1. The molecule has 2 heterocycles. The third-order valence-electron chi connectivity index (χ3n) is 4.72. The molecular weight excluding hydrogens is 320 g/mol. The second-order valence-electron chi connectivity index (χ2n) is 6.70. The first-order chi connectivity index (χ1) is 12.9. The first kappa shape index (κ1) is 16.6. The third kappa shape index (κ3) is 4.02. The van der Waals surface area contributed by atoms with Crippen molar-refractivity contribution in [3.63, 3.8) is 0 Å². The van der Waals surface area contributed by atoms with Crippen molar-refractivity contribution in [3.05, 3.63) is 66.7 Å². The molecule has 1 N–H and O–H groups in total. The predicted octanol–water partition coefficient (Wildman–Crippen LogP) is 5.27. The molecule has 0 bridgehead atoms. The quantitative estimate of drug-likeness (QED) is 0.700. The fourth-order valence-electron chi connectivity index (χ4n) is 3.34. The van der Waals surface area contributed by atoms with Crippen LogP contribution in [0.3, 0.4) is 0 Å². The van der Waals surface area contributed by atoms with Crippen LogP contribution < -0.4 is 10.2 Å². The van der Waals surface area contributed by atoms with Gasteiger partial charge in [0.2, 0.25) is 5.95 Å². The van der Waals surface area contributed by atoms with E-state index in [2.05, 4.69) is 34.5 Å². The van der Waals surface area contributed by atoms with Gasteiger partial charge in [0.25, 0.3) is 0 Å². The van der Waals surface area contributed by atoms with E-state index >= 15 is 0 Å². The van der Waals surface area contributed by atoms with Crippen molar-refractivity contribution in [2.75, 3.05) is 23.3 Å². The molecule has 0 saturated carbocycles. The normalized spacial score (nSPS) is 14.7. The van der Waals surface area contributed by atoms with Crippen LogP contribution in [0, 0.1) is 0 Å². The fourth-order valence-corrected chi connectivity index (χ4v) is 3.34. The second-order valence-corrected chi connectivity index (χ2v) is 6.70. The van der Waals surface area contributed by atoms with Gasteiger partial charge >= 0.3 is 0 Å². The van der Waals surface area contributed by atoms with Crippen LogP contribution in [0.4, 0.5) is 17.5 Å². The largest absolute Gasteiger partial charge is 0.341 e. The van der Waals surface area contributed by atoms with E-state index in [9.17, 15) is 0 Å². The van der Waals surface area contributed by atoms with Crippen LogP contribution in [0.1, 0.15) is 25.7 Å². The molecule has 4 nitrogen and oxygen atoms in total. The summed E-state index contributed by atoms with van der Waals surface area (Å²) >= 11 is 0. The summed E-state index contributed by atoms with van der Waals surface area (Å²) in [4.78, 5) is 12.0. The summed E-state index contributed by atoms with van der Waals surface area (Å²) in [7, 11) is 0. The molecule has 1 saturated heterocycles. The minimum absolute atomic E-state index is 0.826. The minimum atomic E-state index is 0.826. The molecule has 26 heavy (non-hydrogen) atoms. The lowest BCUT2D eigenvalue weighted by molar-refractivity contribution is 0.726. The van der Waals surface area contributed by atoms with Gasteiger partial charge in [-0.15, -0.1) is 0 Å². The molecule has 2 aromatic carbocycles. The van der Waals surface area contributed by atoms with Crippen LogP contribution in [0.2, 0.25) is 0 Å². The summed E-state index contributed by atoms with van der Waals surface area (Å²) in [5.74, 6) is 1.66. The van der Waals surface area contributed by atoms with Crippen LogP contribution in [-0.2, 0) is 0 Å². The molecule has 1 fully saturated rings. The number of hydrogen-bond donors (Lipinski definition) is 1. The summed E-state index contributed by atoms with van der Waals surface area (Å²) in [6.45, 7) is 2.06. The van der Waals surface area contributed by atoms with Crippen molar-refractivity contribution < 1.29 is 0 Å². The number of nitrogens with one attached hydrogen (secondary N) is 1. The first-order valence-electron chi connectivity index (χ1n) is 9.40. The molecule has 4 heteroatoms. The van der Waals surface area contributed by atoms with Crippen LogP contribution in [-0.4, -0.2) is 23.1 Å². The van der Waals surface area contributed by atoms with E-state index in [1.165, 1.54) is 25.7 Å². The van der Waals surface area contributed by atoms with Gasteiger partial charge in [0.05, 0.1) is 5.69 Å². The fraction of sp³-hybridized carbons (Fsp3) is 0.273. The van der Waals surface area contributed by atoms with Crippen molar-refractivity contribution in [2.45, 2.75) is 25.7 Å². The second kappa shape index (κ2) is 8.00. The molecule has 0 amide bonds. The molecule has 4 rings (SSSR count). The molecule has 1 aromatic heterocycles. The van der Waals surface area contributed by atoms with E-state index < -0.39 is 0 Å². The zero-order valence-electron chi connectivity index (χ0n) is 14.9. The highest BCUT2D eigenvalue weighted by Gasteiger charge is 2.15. The maximum Gasteiger partial charge on any atom is 0.227 e. The smallest absolute Gasteiger partial charge is 0.227 e.